The molecule has 4 rings (SSSR count). The summed E-state index contributed by atoms with van der Waals surface area (Å²) in [6.07, 6.45) is 7.61. The lowest BCUT2D eigenvalue weighted by Crippen LogP contribution is -2.51. The van der Waals surface area contributed by atoms with Gasteiger partial charge in [0.2, 0.25) is 0 Å². The molecular weight excluding hydrogens is 318 g/mol. The van der Waals surface area contributed by atoms with Gasteiger partial charge >= 0.3 is 0 Å². The molecule has 2 saturated heterocycles. The van der Waals surface area contributed by atoms with Gasteiger partial charge in [0.15, 0.2) is 0 Å². The first-order chi connectivity index (χ1) is 12.2. The van der Waals surface area contributed by atoms with Gasteiger partial charge in [0.25, 0.3) is 5.91 Å². The number of hydrogen-bond acceptors (Lipinski definition) is 4. The maximum atomic E-state index is 13.0. The molecule has 134 valence electrons. The molecule has 4 heterocycles. The topological polar surface area (TPSA) is 66.4 Å². The largest absolute Gasteiger partial charge is 0.379 e. The summed E-state index contributed by atoms with van der Waals surface area (Å²) in [5.41, 5.74) is 1.84. The molecule has 2 aromatic rings. The van der Waals surface area contributed by atoms with Crippen molar-refractivity contribution in [3.8, 4) is 0 Å². The summed E-state index contributed by atoms with van der Waals surface area (Å²) in [5, 5.41) is 4.29. The summed E-state index contributed by atoms with van der Waals surface area (Å²) in [6.45, 7) is 4.24. The zero-order chi connectivity index (χ0) is 17.2. The molecule has 0 unspecified atom stereocenters. The second kappa shape index (κ2) is 7.01. The molecular formula is C18H25N5O2. The first-order valence-electron chi connectivity index (χ1n) is 8.96. The van der Waals surface area contributed by atoms with E-state index >= 15 is 0 Å². The van der Waals surface area contributed by atoms with Crippen molar-refractivity contribution in [2.45, 2.75) is 24.9 Å². The maximum Gasteiger partial charge on any atom is 0.270 e. The van der Waals surface area contributed by atoms with Gasteiger partial charge in [-0.05, 0) is 30.5 Å². The van der Waals surface area contributed by atoms with Gasteiger partial charge in [0.05, 0.1) is 25.5 Å². The number of carbonyl (C=O) groups is 1. The van der Waals surface area contributed by atoms with Crippen LogP contribution in [0.3, 0.4) is 0 Å². The fraction of sp³-hybridized carbons (Fsp3) is 0.556. The minimum atomic E-state index is 0.0923. The quantitative estimate of drug-likeness (QED) is 0.896. The third-order valence-electron chi connectivity index (χ3n) is 5.32. The molecule has 0 bridgehead atoms. The smallest absolute Gasteiger partial charge is 0.270 e. The number of nitrogens with one attached hydrogen (secondary N) is 1. The zero-order valence-electron chi connectivity index (χ0n) is 14.6. The summed E-state index contributed by atoms with van der Waals surface area (Å²) in [5.74, 6) is 0.0923. The highest BCUT2D eigenvalue weighted by Crippen LogP contribution is 2.28. The first kappa shape index (κ1) is 16.4. The number of rotatable bonds is 4. The van der Waals surface area contributed by atoms with Crippen LogP contribution >= 0.6 is 0 Å². The second-order valence-corrected chi connectivity index (χ2v) is 6.88. The van der Waals surface area contributed by atoms with Gasteiger partial charge in [0.1, 0.15) is 5.69 Å². The van der Waals surface area contributed by atoms with Crippen LogP contribution in [-0.2, 0) is 18.2 Å². The van der Waals surface area contributed by atoms with E-state index in [4.69, 9.17) is 4.74 Å². The molecule has 25 heavy (non-hydrogen) atoms. The van der Waals surface area contributed by atoms with Crippen LogP contribution in [0.1, 0.15) is 22.5 Å². The molecule has 7 nitrogen and oxygen atoms in total. The van der Waals surface area contributed by atoms with Crippen LogP contribution in [0.4, 0.5) is 0 Å². The third-order valence-corrected chi connectivity index (χ3v) is 5.32. The fourth-order valence-electron chi connectivity index (χ4n) is 4.11. The van der Waals surface area contributed by atoms with Crippen LogP contribution in [0.2, 0.25) is 0 Å². The number of hydrogen-bond donors (Lipinski definition) is 1. The number of H-pyrrole nitrogens is 1. The van der Waals surface area contributed by atoms with Crippen LogP contribution in [0.25, 0.3) is 0 Å². The number of likely N-dealkylation sites (tertiary alicyclic amines) is 1. The first-order valence-corrected chi connectivity index (χ1v) is 8.96. The van der Waals surface area contributed by atoms with E-state index in [1.165, 1.54) is 5.56 Å². The van der Waals surface area contributed by atoms with Crippen LogP contribution in [0.5, 0.6) is 0 Å². The number of aryl methyl sites for hydroxylation is 1. The molecule has 2 atom stereocenters. The number of carbonyl (C=O) groups excluding carboxylic acids is 1. The van der Waals surface area contributed by atoms with Gasteiger partial charge in [-0.15, -0.1) is 0 Å². The summed E-state index contributed by atoms with van der Waals surface area (Å²) >= 11 is 0. The number of ether oxygens (including phenoxy) is 1. The van der Waals surface area contributed by atoms with Crippen LogP contribution in [0.15, 0.2) is 30.7 Å². The van der Waals surface area contributed by atoms with Gasteiger partial charge in [-0.1, -0.05) is 0 Å². The van der Waals surface area contributed by atoms with E-state index in [-0.39, 0.29) is 11.9 Å². The molecule has 2 fully saturated rings. The van der Waals surface area contributed by atoms with E-state index in [1.54, 1.807) is 6.20 Å². The van der Waals surface area contributed by atoms with Crippen molar-refractivity contribution in [2.24, 2.45) is 7.05 Å². The van der Waals surface area contributed by atoms with E-state index in [9.17, 15) is 4.79 Å². The maximum absolute atomic E-state index is 13.0. The van der Waals surface area contributed by atoms with Crippen molar-refractivity contribution in [3.63, 3.8) is 0 Å². The highest BCUT2D eigenvalue weighted by atomic mass is 16.5. The average Bonchev–Trinajstić information content (AvgIpc) is 3.37. The number of aromatic nitrogens is 3. The van der Waals surface area contributed by atoms with Crippen LogP contribution < -0.4 is 0 Å². The average molecular weight is 343 g/mol. The van der Waals surface area contributed by atoms with E-state index in [1.807, 2.05) is 41.2 Å². The fourth-order valence-corrected chi connectivity index (χ4v) is 4.11. The molecule has 0 saturated carbocycles. The molecule has 2 aliphatic rings. The Bertz CT molecular complexity index is 705. The van der Waals surface area contributed by atoms with Gasteiger partial charge in [-0.2, -0.15) is 5.10 Å². The van der Waals surface area contributed by atoms with Crippen molar-refractivity contribution < 1.29 is 9.53 Å². The molecule has 0 aliphatic carbocycles. The van der Waals surface area contributed by atoms with E-state index in [0.717, 1.165) is 45.7 Å². The summed E-state index contributed by atoms with van der Waals surface area (Å²) in [6, 6.07) is 4.27. The predicted octanol–water partition coefficient (Wildman–Crippen LogP) is 0.906. The molecule has 0 aromatic carbocycles. The summed E-state index contributed by atoms with van der Waals surface area (Å²) < 4.78 is 7.33. The Morgan fingerprint density at radius 3 is 2.88 bits per heavy atom. The molecule has 2 aliphatic heterocycles. The van der Waals surface area contributed by atoms with Crippen molar-refractivity contribution in [3.05, 3.63) is 42.0 Å². The zero-order valence-corrected chi connectivity index (χ0v) is 14.6. The lowest BCUT2D eigenvalue weighted by atomic mass is 10.00. The Morgan fingerprint density at radius 2 is 2.20 bits per heavy atom. The predicted molar refractivity (Wildman–Crippen MR) is 93.3 cm³/mol. The van der Waals surface area contributed by atoms with Crippen molar-refractivity contribution in [1.29, 1.82) is 0 Å². The van der Waals surface area contributed by atoms with Gasteiger partial charge in [-0.25, -0.2) is 0 Å². The molecule has 7 heteroatoms. The third kappa shape index (κ3) is 3.34. The van der Waals surface area contributed by atoms with Crippen LogP contribution in [-0.4, -0.2) is 75.4 Å². The molecule has 0 spiro atoms. The van der Waals surface area contributed by atoms with Crippen molar-refractivity contribution in [1.82, 2.24) is 24.6 Å². The molecule has 0 radical (unpaired) electrons. The lowest BCUT2D eigenvalue weighted by molar-refractivity contribution is 0.00860. The normalized spacial score (nSPS) is 24.8. The van der Waals surface area contributed by atoms with Crippen LogP contribution in [0, 0.1) is 0 Å². The number of aromatic amines is 1. The van der Waals surface area contributed by atoms with Crippen molar-refractivity contribution >= 4 is 5.91 Å². The van der Waals surface area contributed by atoms with E-state index in [2.05, 4.69) is 15.0 Å². The van der Waals surface area contributed by atoms with Gasteiger partial charge < -0.3 is 14.6 Å². The molecule has 1 N–H and O–H groups in total. The standard InChI is InChI=1S/C18H25N5O2/c1-21-13-14(12-20-21)11-17-16(22-7-9-25-10-8-22)4-6-23(17)18(24)15-3-2-5-19-15/h2-3,5,12-13,16-17,19H,4,6-11H2,1H3/t16-,17+/m0/s1. The highest BCUT2D eigenvalue weighted by Gasteiger charge is 2.41. The molecule has 2 aromatic heterocycles. The van der Waals surface area contributed by atoms with Gasteiger partial charge in [-0.3, -0.25) is 14.4 Å². The minimum Gasteiger partial charge on any atom is -0.379 e. The molecule has 1 amide bonds. The number of nitrogens with zero attached hydrogens (tertiary/aromatic N) is 4. The second-order valence-electron chi connectivity index (χ2n) is 6.88. The Balaban J connectivity index is 1.57. The summed E-state index contributed by atoms with van der Waals surface area (Å²) in [7, 11) is 1.93. The highest BCUT2D eigenvalue weighted by molar-refractivity contribution is 5.93. The monoisotopic (exact) mass is 343 g/mol. The number of morpholine rings is 1. The van der Waals surface area contributed by atoms with E-state index in [0.29, 0.717) is 11.7 Å². The SMILES string of the molecule is Cn1cc(C[C@@H]2[C@@H](N3CCOCC3)CCN2C(=O)c2ccc[nH]2)cn1. The summed E-state index contributed by atoms with van der Waals surface area (Å²) in [4.78, 5) is 20.6. The lowest BCUT2D eigenvalue weighted by Gasteiger charge is -2.37. The van der Waals surface area contributed by atoms with Crippen molar-refractivity contribution in [2.75, 3.05) is 32.8 Å². The Morgan fingerprint density at radius 1 is 1.36 bits per heavy atom. The Hall–Kier alpha value is -2.12. The van der Waals surface area contributed by atoms with E-state index < -0.39 is 0 Å². The Kier molecular flexibility index (Phi) is 4.59. The van der Waals surface area contributed by atoms with Gasteiger partial charge in [0, 0.05) is 45.1 Å². The minimum absolute atomic E-state index is 0.0923. The Labute approximate surface area is 147 Å². The number of amides is 1.